The number of unbranched alkanes of at least 4 members (excludes halogenated alkanes) is 1. The number of aryl methyl sites for hydroxylation is 1. The second-order valence-corrected chi connectivity index (χ2v) is 5.62. The van der Waals surface area contributed by atoms with E-state index in [2.05, 4.69) is 36.3 Å². The van der Waals surface area contributed by atoms with Crippen LogP contribution in [0.3, 0.4) is 0 Å². The number of carbonyl (C=O) groups is 1. The molecule has 4 heteroatoms. The van der Waals surface area contributed by atoms with Gasteiger partial charge in [0.05, 0.1) is 0 Å². The Labute approximate surface area is 126 Å². The zero-order valence-electron chi connectivity index (χ0n) is 12.9. The number of benzene rings is 1. The predicted molar refractivity (Wildman–Crippen MR) is 85.7 cm³/mol. The van der Waals surface area contributed by atoms with E-state index in [1.807, 2.05) is 30.3 Å². The number of rotatable bonds is 6. The molecule has 2 rings (SSSR count). The quantitative estimate of drug-likeness (QED) is 0.838. The fraction of sp³-hybridized carbons (Fsp3) is 0.412. The topological polar surface area (TPSA) is 57.8 Å². The van der Waals surface area contributed by atoms with Crippen molar-refractivity contribution < 1.29 is 4.79 Å². The molecule has 0 saturated carbocycles. The summed E-state index contributed by atoms with van der Waals surface area (Å²) in [6.45, 7) is 6.33. The summed E-state index contributed by atoms with van der Waals surface area (Å²) in [6, 6.07) is 9.66. The number of hydrogen-bond donors (Lipinski definition) is 2. The molecule has 0 fully saturated rings. The Morgan fingerprint density at radius 2 is 2.00 bits per heavy atom. The van der Waals surface area contributed by atoms with Crippen LogP contribution < -0.4 is 5.32 Å². The minimum atomic E-state index is -0.126. The Hall–Kier alpha value is -2.10. The lowest BCUT2D eigenvalue weighted by Crippen LogP contribution is -2.12. The number of aromatic nitrogens is 2. The minimum Gasteiger partial charge on any atom is -0.305 e. The van der Waals surface area contributed by atoms with Crippen LogP contribution >= 0.6 is 0 Å². The van der Waals surface area contributed by atoms with Gasteiger partial charge in [-0.1, -0.05) is 39.3 Å². The van der Waals surface area contributed by atoms with E-state index >= 15 is 0 Å². The lowest BCUT2D eigenvalue weighted by Gasteiger charge is -2.04. The molecular weight excluding hydrogens is 262 g/mol. The van der Waals surface area contributed by atoms with Crippen LogP contribution in [0.5, 0.6) is 0 Å². The Balaban J connectivity index is 1.99. The highest BCUT2D eigenvalue weighted by Crippen LogP contribution is 2.16. The van der Waals surface area contributed by atoms with Gasteiger partial charge in [-0.25, -0.2) is 0 Å². The molecule has 0 bridgehead atoms. The van der Waals surface area contributed by atoms with E-state index in [-0.39, 0.29) is 5.91 Å². The summed E-state index contributed by atoms with van der Waals surface area (Å²) in [5.41, 5.74) is 2.94. The zero-order chi connectivity index (χ0) is 15.2. The standard InChI is InChI=1S/C17H23N3O/c1-4-5-6-13-7-9-14(10-8-13)17(21)18-16-11-15(12(2)3)19-20-16/h7-12H,4-6H2,1-3H3,(H2,18,19,20,21). The number of amides is 1. The van der Waals surface area contributed by atoms with Gasteiger partial charge in [0, 0.05) is 17.3 Å². The Bertz CT molecular complexity index is 584. The molecule has 0 radical (unpaired) electrons. The third kappa shape index (κ3) is 4.18. The van der Waals surface area contributed by atoms with Gasteiger partial charge in [-0.3, -0.25) is 9.89 Å². The molecule has 0 spiro atoms. The van der Waals surface area contributed by atoms with Gasteiger partial charge in [-0.05, 0) is 36.5 Å². The number of carbonyl (C=O) groups excluding carboxylic acids is 1. The molecule has 112 valence electrons. The first-order valence-electron chi connectivity index (χ1n) is 7.55. The number of aromatic amines is 1. The van der Waals surface area contributed by atoms with E-state index < -0.39 is 0 Å². The second-order valence-electron chi connectivity index (χ2n) is 5.62. The third-order valence-electron chi connectivity index (χ3n) is 3.50. The lowest BCUT2D eigenvalue weighted by molar-refractivity contribution is 0.102. The lowest BCUT2D eigenvalue weighted by atomic mass is 10.1. The maximum Gasteiger partial charge on any atom is 0.256 e. The van der Waals surface area contributed by atoms with Crippen LogP contribution in [0.15, 0.2) is 30.3 Å². The zero-order valence-corrected chi connectivity index (χ0v) is 12.9. The van der Waals surface area contributed by atoms with Crippen molar-refractivity contribution in [1.82, 2.24) is 10.2 Å². The normalized spacial score (nSPS) is 10.9. The van der Waals surface area contributed by atoms with Crippen LogP contribution in [-0.4, -0.2) is 16.1 Å². The summed E-state index contributed by atoms with van der Waals surface area (Å²) in [6.07, 6.45) is 3.42. The average molecular weight is 285 g/mol. The largest absolute Gasteiger partial charge is 0.305 e. The smallest absolute Gasteiger partial charge is 0.256 e. The number of nitrogens with one attached hydrogen (secondary N) is 2. The van der Waals surface area contributed by atoms with Crippen molar-refractivity contribution in [2.24, 2.45) is 0 Å². The van der Waals surface area contributed by atoms with Crippen LogP contribution in [0.4, 0.5) is 5.82 Å². The van der Waals surface area contributed by atoms with Crippen molar-refractivity contribution in [1.29, 1.82) is 0 Å². The molecule has 1 aromatic carbocycles. The summed E-state index contributed by atoms with van der Waals surface area (Å²) in [5, 5.41) is 9.85. The summed E-state index contributed by atoms with van der Waals surface area (Å²) in [4.78, 5) is 12.2. The van der Waals surface area contributed by atoms with Gasteiger partial charge in [-0.2, -0.15) is 5.10 Å². The molecule has 0 saturated heterocycles. The van der Waals surface area contributed by atoms with Crippen molar-refractivity contribution in [2.45, 2.75) is 46.0 Å². The molecule has 0 aliphatic rings. The molecule has 0 atom stereocenters. The van der Waals surface area contributed by atoms with Crippen LogP contribution in [0.2, 0.25) is 0 Å². The first-order chi connectivity index (χ1) is 10.1. The number of nitrogens with zero attached hydrogens (tertiary/aromatic N) is 1. The third-order valence-corrected chi connectivity index (χ3v) is 3.50. The van der Waals surface area contributed by atoms with E-state index in [0.29, 0.717) is 17.3 Å². The van der Waals surface area contributed by atoms with E-state index in [1.54, 1.807) is 0 Å². The van der Waals surface area contributed by atoms with Crippen molar-refractivity contribution in [3.8, 4) is 0 Å². The summed E-state index contributed by atoms with van der Waals surface area (Å²) >= 11 is 0. The Morgan fingerprint density at radius 3 is 2.57 bits per heavy atom. The van der Waals surface area contributed by atoms with Crippen LogP contribution in [-0.2, 0) is 6.42 Å². The summed E-state index contributed by atoms with van der Waals surface area (Å²) < 4.78 is 0. The maximum absolute atomic E-state index is 12.2. The van der Waals surface area contributed by atoms with E-state index in [4.69, 9.17) is 0 Å². The van der Waals surface area contributed by atoms with E-state index in [0.717, 1.165) is 12.1 Å². The highest BCUT2D eigenvalue weighted by atomic mass is 16.1. The Kier molecular flexibility index (Phi) is 5.14. The molecule has 1 heterocycles. The van der Waals surface area contributed by atoms with Crippen molar-refractivity contribution in [3.05, 3.63) is 47.2 Å². The number of anilines is 1. The van der Waals surface area contributed by atoms with Crippen molar-refractivity contribution in [3.63, 3.8) is 0 Å². The fourth-order valence-electron chi connectivity index (χ4n) is 2.09. The molecule has 2 aromatic rings. The minimum absolute atomic E-state index is 0.126. The van der Waals surface area contributed by atoms with Crippen LogP contribution in [0.1, 0.15) is 61.1 Å². The van der Waals surface area contributed by atoms with Crippen molar-refractivity contribution >= 4 is 11.7 Å². The predicted octanol–water partition coefficient (Wildman–Crippen LogP) is 4.13. The van der Waals surface area contributed by atoms with E-state index in [9.17, 15) is 4.79 Å². The number of H-pyrrole nitrogens is 1. The first kappa shape index (κ1) is 15.3. The molecular formula is C17H23N3O. The van der Waals surface area contributed by atoms with Crippen LogP contribution in [0, 0.1) is 0 Å². The Morgan fingerprint density at radius 1 is 1.29 bits per heavy atom. The molecule has 0 aliphatic heterocycles. The SMILES string of the molecule is CCCCc1ccc(C(=O)Nc2cc(C(C)C)[nH]n2)cc1. The highest BCUT2D eigenvalue weighted by Gasteiger charge is 2.09. The highest BCUT2D eigenvalue weighted by molar-refractivity contribution is 6.03. The number of hydrogen-bond acceptors (Lipinski definition) is 2. The average Bonchev–Trinajstić information content (AvgIpc) is 2.94. The van der Waals surface area contributed by atoms with Gasteiger partial charge in [0.2, 0.25) is 0 Å². The van der Waals surface area contributed by atoms with Crippen LogP contribution in [0.25, 0.3) is 0 Å². The van der Waals surface area contributed by atoms with Gasteiger partial charge in [0.25, 0.3) is 5.91 Å². The molecule has 21 heavy (non-hydrogen) atoms. The van der Waals surface area contributed by atoms with Gasteiger partial charge in [0.15, 0.2) is 5.82 Å². The maximum atomic E-state index is 12.2. The molecule has 1 aromatic heterocycles. The van der Waals surface area contributed by atoms with Gasteiger partial charge in [-0.15, -0.1) is 0 Å². The first-order valence-corrected chi connectivity index (χ1v) is 7.55. The van der Waals surface area contributed by atoms with Gasteiger partial charge in [0.1, 0.15) is 0 Å². The summed E-state index contributed by atoms with van der Waals surface area (Å²) in [5.74, 6) is 0.804. The molecule has 1 amide bonds. The van der Waals surface area contributed by atoms with Gasteiger partial charge < -0.3 is 5.32 Å². The second kappa shape index (κ2) is 7.07. The summed E-state index contributed by atoms with van der Waals surface area (Å²) in [7, 11) is 0. The van der Waals surface area contributed by atoms with Gasteiger partial charge >= 0.3 is 0 Å². The fourth-order valence-corrected chi connectivity index (χ4v) is 2.09. The molecule has 4 nitrogen and oxygen atoms in total. The molecule has 0 aliphatic carbocycles. The molecule has 2 N–H and O–H groups in total. The van der Waals surface area contributed by atoms with Crippen molar-refractivity contribution in [2.75, 3.05) is 5.32 Å². The molecule has 0 unspecified atom stereocenters. The monoisotopic (exact) mass is 285 g/mol. The van der Waals surface area contributed by atoms with E-state index in [1.165, 1.54) is 18.4 Å².